The maximum Gasteiger partial charge on any atom is 0.123 e. The Labute approximate surface area is 141 Å². The lowest BCUT2D eigenvalue weighted by atomic mass is 10.0. The fourth-order valence-corrected chi connectivity index (χ4v) is 2.78. The van der Waals surface area contributed by atoms with Gasteiger partial charge in [0.25, 0.3) is 0 Å². The van der Waals surface area contributed by atoms with E-state index >= 15 is 0 Å². The largest absolute Gasteiger partial charge is 0.246 e. The first kappa shape index (κ1) is 15.4. The van der Waals surface area contributed by atoms with Gasteiger partial charge in [-0.15, -0.1) is 0 Å². The molecule has 2 aromatic carbocycles. The van der Waals surface area contributed by atoms with Crippen LogP contribution in [-0.4, -0.2) is 9.97 Å². The molecule has 0 aliphatic heterocycles. The zero-order valence-corrected chi connectivity index (χ0v) is 14.4. The zero-order valence-electron chi connectivity index (χ0n) is 12.1. The minimum absolute atomic E-state index is 0.302. The predicted molar refractivity (Wildman–Crippen MR) is 91.9 cm³/mol. The maximum absolute atomic E-state index is 13.6. The summed E-state index contributed by atoms with van der Waals surface area (Å²) in [6.45, 7) is 3.95. The van der Waals surface area contributed by atoms with E-state index in [1.54, 1.807) is 12.1 Å². The van der Waals surface area contributed by atoms with Crippen molar-refractivity contribution in [3.8, 4) is 11.3 Å². The van der Waals surface area contributed by atoms with E-state index in [0.717, 1.165) is 5.69 Å². The van der Waals surface area contributed by atoms with Crippen LogP contribution in [-0.2, 0) is 4.32 Å². The van der Waals surface area contributed by atoms with Crippen LogP contribution >= 0.6 is 27.5 Å². The molecular formula is C17H13BrClFN2. The second kappa shape index (κ2) is 5.60. The van der Waals surface area contributed by atoms with Crippen molar-refractivity contribution in [1.29, 1.82) is 0 Å². The van der Waals surface area contributed by atoms with Crippen molar-refractivity contribution in [2.45, 2.75) is 18.2 Å². The van der Waals surface area contributed by atoms with Crippen LogP contribution in [0.3, 0.4) is 0 Å². The molecule has 0 saturated heterocycles. The second-order valence-corrected chi connectivity index (χ2v) is 7.90. The quantitative estimate of drug-likeness (QED) is 0.532. The standard InChI is InChI=1S/C17H13BrClFN2/c1-17(2,18)16-14(10-5-3-6-11(20)9-10)21-13-8-4-7-12(19)15(13)22-16/h3-9H,1-2H3. The second-order valence-electron chi connectivity index (χ2n) is 5.51. The number of nitrogens with zero attached hydrogens (tertiary/aromatic N) is 2. The highest BCUT2D eigenvalue weighted by Crippen LogP contribution is 2.37. The third kappa shape index (κ3) is 2.85. The number of benzene rings is 2. The van der Waals surface area contributed by atoms with Crippen LogP contribution in [0.4, 0.5) is 4.39 Å². The summed E-state index contributed by atoms with van der Waals surface area (Å²) in [5.41, 5.74) is 3.39. The van der Waals surface area contributed by atoms with E-state index in [1.807, 2.05) is 32.0 Å². The highest BCUT2D eigenvalue weighted by atomic mass is 79.9. The Morgan fingerprint density at radius 2 is 1.82 bits per heavy atom. The molecule has 0 N–H and O–H groups in total. The lowest BCUT2D eigenvalue weighted by Gasteiger charge is -2.20. The number of halogens is 3. The maximum atomic E-state index is 13.6. The van der Waals surface area contributed by atoms with E-state index in [4.69, 9.17) is 11.6 Å². The number of alkyl halides is 1. The minimum Gasteiger partial charge on any atom is -0.246 e. The average molecular weight is 380 g/mol. The van der Waals surface area contributed by atoms with E-state index in [1.165, 1.54) is 12.1 Å². The van der Waals surface area contributed by atoms with Crippen molar-refractivity contribution < 1.29 is 4.39 Å². The molecular weight excluding hydrogens is 367 g/mol. The first-order valence-corrected chi connectivity index (χ1v) is 7.95. The summed E-state index contributed by atoms with van der Waals surface area (Å²) < 4.78 is 13.2. The topological polar surface area (TPSA) is 25.8 Å². The molecule has 2 nitrogen and oxygen atoms in total. The lowest BCUT2D eigenvalue weighted by molar-refractivity contribution is 0.628. The molecule has 22 heavy (non-hydrogen) atoms. The normalized spacial score (nSPS) is 11.9. The van der Waals surface area contributed by atoms with Gasteiger partial charge in [0.2, 0.25) is 0 Å². The van der Waals surface area contributed by atoms with Crippen LogP contribution in [0, 0.1) is 5.82 Å². The summed E-state index contributed by atoms with van der Waals surface area (Å²) in [5, 5.41) is 0.550. The number of para-hydroxylation sites is 1. The minimum atomic E-state index is -0.422. The molecule has 0 amide bonds. The average Bonchev–Trinajstić information content (AvgIpc) is 2.45. The Bertz CT molecular complexity index is 859. The van der Waals surface area contributed by atoms with Gasteiger partial charge in [0.15, 0.2) is 0 Å². The molecule has 112 valence electrons. The van der Waals surface area contributed by atoms with E-state index in [-0.39, 0.29) is 5.82 Å². The van der Waals surface area contributed by atoms with E-state index in [9.17, 15) is 4.39 Å². The van der Waals surface area contributed by atoms with Crippen LogP contribution in [0.2, 0.25) is 5.02 Å². The van der Waals surface area contributed by atoms with Gasteiger partial charge in [-0.3, -0.25) is 0 Å². The van der Waals surface area contributed by atoms with Crippen molar-refractivity contribution in [2.75, 3.05) is 0 Å². The molecule has 0 saturated carbocycles. The van der Waals surface area contributed by atoms with Crippen LogP contribution < -0.4 is 0 Å². The molecule has 3 rings (SSSR count). The lowest BCUT2D eigenvalue weighted by Crippen LogP contribution is -2.13. The SMILES string of the molecule is CC(C)(Br)c1nc2c(Cl)cccc2nc1-c1cccc(F)c1. The molecule has 0 unspecified atom stereocenters. The van der Waals surface area contributed by atoms with Crippen molar-refractivity contribution in [3.05, 3.63) is 59.0 Å². The number of rotatable bonds is 2. The van der Waals surface area contributed by atoms with Crippen molar-refractivity contribution >= 4 is 38.6 Å². The monoisotopic (exact) mass is 378 g/mol. The van der Waals surface area contributed by atoms with Crippen LogP contribution in [0.15, 0.2) is 42.5 Å². The molecule has 1 aromatic heterocycles. The van der Waals surface area contributed by atoms with Gasteiger partial charge in [-0.05, 0) is 38.1 Å². The Morgan fingerprint density at radius 3 is 2.50 bits per heavy atom. The summed E-state index contributed by atoms with van der Waals surface area (Å²) in [7, 11) is 0. The van der Waals surface area contributed by atoms with Gasteiger partial charge in [0, 0.05) is 5.56 Å². The fraction of sp³-hybridized carbons (Fsp3) is 0.176. The molecule has 0 spiro atoms. The van der Waals surface area contributed by atoms with Crippen LogP contribution in [0.25, 0.3) is 22.3 Å². The van der Waals surface area contributed by atoms with Crippen molar-refractivity contribution in [3.63, 3.8) is 0 Å². The van der Waals surface area contributed by atoms with Gasteiger partial charge in [-0.25, -0.2) is 14.4 Å². The molecule has 0 bridgehead atoms. The highest BCUT2D eigenvalue weighted by Gasteiger charge is 2.25. The van der Waals surface area contributed by atoms with E-state index < -0.39 is 4.32 Å². The van der Waals surface area contributed by atoms with Gasteiger partial charge in [0.1, 0.15) is 11.3 Å². The summed E-state index contributed by atoms with van der Waals surface area (Å²) in [6, 6.07) is 11.8. The first-order valence-electron chi connectivity index (χ1n) is 6.78. The molecule has 0 aliphatic rings. The molecule has 0 radical (unpaired) electrons. The van der Waals surface area contributed by atoms with Gasteiger partial charge in [0.05, 0.1) is 26.3 Å². The Balaban J connectivity index is 2.37. The van der Waals surface area contributed by atoms with Crippen LogP contribution in [0.1, 0.15) is 19.5 Å². The van der Waals surface area contributed by atoms with Gasteiger partial charge >= 0.3 is 0 Å². The molecule has 0 atom stereocenters. The number of aromatic nitrogens is 2. The molecule has 0 fully saturated rings. The number of hydrogen-bond acceptors (Lipinski definition) is 2. The molecule has 0 aliphatic carbocycles. The van der Waals surface area contributed by atoms with Crippen molar-refractivity contribution in [2.24, 2.45) is 0 Å². The Morgan fingerprint density at radius 1 is 1.09 bits per heavy atom. The fourth-order valence-electron chi connectivity index (χ4n) is 2.29. The first-order chi connectivity index (χ1) is 10.4. The number of fused-ring (bicyclic) bond motifs is 1. The Hall–Kier alpha value is -1.52. The van der Waals surface area contributed by atoms with Gasteiger partial charge < -0.3 is 0 Å². The van der Waals surface area contributed by atoms with Crippen molar-refractivity contribution in [1.82, 2.24) is 9.97 Å². The van der Waals surface area contributed by atoms with E-state index in [0.29, 0.717) is 27.3 Å². The molecule has 5 heteroatoms. The summed E-state index contributed by atoms with van der Waals surface area (Å²) in [5.74, 6) is -0.302. The molecule has 3 aromatic rings. The summed E-state index contributed by atoms with van der Waals surface area (Å²) >= 11 is 9.85. The highest BCUT2D eigenvalue weighted by molar-refractivity contribution is 9.09. The zero-order chi connectivity index (χ0) is 15.9. The number of hydrogen-bond donors (Lipinski definition) is 0. The van der Waals surface area contributed by atoms with Gasteiger partial charge in [-0.2, -0.15) is 0 Å². The Kier molecular flexibility index (Phi) is 3.91. The predicted octanol–water partition coefficient (Wildman–Crippen LogP) is 5.72. The molecule has 1 heterocycles. The van der Waals surface area contributed by atoms with Gasteiger partial charge in [-0.1, -0.05) is 45.7 Å². The smallest absolute Gasteiger partial charge is 0.123 e. The summed E-state index contributed by atoms with van der Waals surface area (Å²) in [6.07, 6.45) is 0. The van der Waals surface area contributed by atoms with E-state index in [2.05, 4.69) is 25.9 Å². The van der Waals surface area contributed by atoms with Crippen LogP contribution in [0.5, 0.6) is 0 Å². The third-order valence-corrected chi connectivity index (χ3v) is 3.99. The summed E-state index contributed by atoms with van der Waals surface area (Å²) in [4.78, 5) is 9.36. The third-order valence-electron chi connectivity index (χ3n) is 3.31.